The highest BCUT2D eigenvalue weighted by atomic mass is 32.1. The molecule has 1 aromatic rings. The molecule has 1 aromatic carbocycles. The highest BCUT2D eigenvalue weighted by Gasteiger charge is 2.44. The number of hydrogen-bond acceptors (Lipinski definition) is 2. The normalized spacial score (nSPS) is 23.9. The molecule has 0 aromatic heterocycles. The summed E-state index contributed by atoms with van der Waals surface area (Å²) in [6, 6.07) is 8.33. The van der Waals surface area contributed by atoms with Crippen LogP contribution >= 0.6 is 12.6 Å². The minimum absolute atomic E-state index is 0.204. The van der Waals surface area contributed by atoms with Gasteiger partial charge in [0.2, 0.25) is 5.91 Å². The lowest BCUT2D eigenvalue weighted by molar-refractivity contribution is -0.119. The zero-order valence-electron chi connectivity index (χ0n) is 11.4. The molecule has 1 saturated carbocycles. The number of nitrogens with zero attached hydrogens (tertiary/aromatic N) is 1. The lowest BCUT2D eigenvalue weighted by Gasteiger charge is -2.34. The summed E-state index contributed by atoms with van der Waals surface area (Å²) in [7, 11) is 0. The molecule has 19 heavy (non-hydrogen) atoms. The van der Waals surface area contributed by atoms with Crippen LogP contribution in [0.4, 0.5) is 5.69 Å². The van der Waals surface area contributed by atoms with Crippen molar-refractivity contribution in [2.75, 3.05) is 17.2 Å². The van der Waals surface area contributed by atoms with E-state index in [0.29, 0.717) is 12.3 Å². The Bertz CT molecular complexity index is 495. The fourth-order valence-electron chi connectivity index (χ4n) is 3.02. The van der Waals surface area contributed by atoms with Crippen molar-refractivity contribution in [2.45, 2.75) is 32.6 Å². The molecule has 3 rings (SSSR count). The van der Waals surface area contributed by atoms with Gasteiger partial charge in [0.1, 0.15) is 0 Å². The summed E-state index contributed by atoms with van der Waals surface area (Å²) in [4.78, 5) is 14.6. The van der Waals surface area contributed by atoms with Crippen LogP contribution in [0.25, 0.3) is 0 Å². The Hall–Kier alpha value is -0.960. The van der Waals surface area contributed by atoms with Crippen molar-refractivity contribution in [1.29, 1.82) is 0 Å². The van der Waals surface area contributed by atoms with Crippen LogP contribution in [0.3, 0.4) is 0 Å². The SMILES string of the molecule is CC1Cc2ccccc2N(C(=O)CC2(CS)CC2)C1. The minimum Gasteiger partial charge on any atom is -0.312 e. The van der Waals surface area contributed by atoms with E-state index in [-0.39, 0.29) is 11.3 Å². The quantitative estimate of drug-likeness (QED) is 0.839. The second-order valence-electron chi connectivity index (χ2n) is 6.28. The van der Waals surface area contributed by atoms with Gasteiger partial charge in [0.25, 0.3) is 0 Å². The van der Waals surface area contributed by atoms with Crippen molar-refractivity contribution in [3.8, 4) is 0 Å². The van der Waals surface area contributed by atoms with Gasteiger partial charge in [-0.25, -0.2) is 0 Å². The van der Waals surface area contributed by atoms with Gasteiger partial charge in [0.15, 0.2) is 0 Å². The molecular weight excluding hydrogens is 254 g/mol. The Morgan fingerprint density at radius 1 is 1.42 bits per heavy atom. The summed E-state index contributed by atoms with van der Waals surface area (Å²) in [6.07, 6.45) is 4.07. The Morgan fingerprint density at radius 2 is 2.16 bits per heavy atom. The number of rotatable bonds is 3. The molecular formula is C16H21NOS. The summed E-state index contributed by atoms with van der Waals surface area (Å²) in [5, 5.41) is 0. The molecule has 0 bridgehead atoms. The van der Waals surface area contributed by atoms with Gasteiger partial charge in [0, 0.05) is 18.7 Å². The first kappa shape index (κ1) is 13.0. The summed E-state index contributed by atoms with van der Waals surface area (Å²) >= 11 is 4.40. The van der Waals surface area contributed by atoms with Gasteiger partial charge in [-0.15, -0.1) is 0 Å². The lowest BCUT2D eigenvalue weighted by atomic mass is 9.93. The molecule has 102 valence electrons. The van der Waals surface area contributed by atoms with Crippen molar-refractivity contribution in [1.82, 2.24) is 0 Å². The number of benzene rings is 1. The number of carbonyl (C=O) groups is 1. The maximum Gasteiger partial charge on any atom is 0.227 e. The first-order valence-corrected chi connectivity index (χ1v) is 7.76. The van der Waals surface area contributed by atoms with Crippen molar-refractivity contribution in [3.05, 3.63) is 29.8 Å². The molecule has 1 unspecified atom stereocenters. The Morgan fingerprint density at radius 3 is 2.84 bits per heavy atom. The van der Waals surface area contributed by atoms with E-state index >= 15 is 0 Å². The highest BCUT2D eigenvalue weighted by molar-refractivity contribution is 7.80. The highest BCUT2D eigenvalue weighted by Crippen LogP contribution is 2.50. The Balaban J connectivity index is 1.82. The third-order valence-electron chi connectivity index (χ3n) is 4.46. The molecule has 3 heteroatoms. The second kappa shape index (κ2) is 4.86. The molecule has 0 radical (unpaired) electrons. The van der Waals surface area contributed by atoms with Crippen molar-refractivity contribution < 1.29 is 4.79 Å². The van der Waals surface area contributed by atoms with Gasteiger partial charge in [-0.1, -0.05) is 25.1 Å². The van der Waals surface area contributed by atoms with Gasteiger partial charge in [-0.2, -0.15) is 12.6 Å². The summed E-state index contributed by atoms with van der Waals surface area (Å²) in [5.41, 5.74) is 2.64. The number of hydrogen-bond donors (Lipinski definition) is 1. The molecule has 1 amide bonds. The van der Waals surface area contributed by atoms with E-state index in [1.165, 1.54) is 5.56 Å². The molecule has 2 aliphatic rings. The number of fused-ring (bicyclic) bond motifs is 1. The van der Waals surface area contributed by atoms with Crippen LogP contribution in [0.15, 0.2) is 24.3 Å². The molecule has 1 fully saturated rings. The third-order valence-corrected chi connectivity index (χ3v) is 5.14. The molecule has 2 nitrogen and oxygen atoms in total. The fraction of sp³-hybridized carbons (Fsp3) is 0.562. The van der Waals surface area contributed by atoms with Crippen molar-refractivity contribution >= 4 is 24.2 Å². The molecule has 1 heterocycles. The van der Waals surface area contributed by atoms with Crippen LogP contribution in [-0.2, 0) is 11.2 Å². The van der Waals surface area contributed by atoms with Crippen molar-refractivity contribution in [2.24, 2.45) is 11.3 Å². The number of amides is 1. The van der Waals surface area contributed by atoms with Gasteiger partial charge in [-0.3, -0.25) is 4.79 Å². The van der Waals surface area contributed by atoms with E-state index in [2.05, 4.69) is 37.8 Å². The topological polar surface area (TPSA) is 20.3 Å². The van der Waals surface area contributed by atoms with Gasteiger partial charge in [-0.05, 0) is 48.0 Å². The van der Waals surface area contributed by atoms with Gasteiger partial charge < -0.3 is 4.90 Å². The standard InChI is InChI=1S/C16H21NOS/c1-12-8-13-4-2-3-5-14(13)17(10-12)15(18)9-16(11-19)6-7-16/h2-5,12,19H,6-11H2,1H3. The molecule has 0 saturated heterocycles. The third kappa shape index (κ3) is 2.53. The van der Waals surface area contributed by atoms with Crippen molar-refractivity contribution in [3.63, 3.8) is 0 Å². The summed E-state index contributed by atoms with van der Waals surface area (Å²) in [6.45, 7) is 3.08. The molecule has 0 spiro atoms. The van der Waals surface area contributed by atoms with Gasteiger partial charge >= 0.3 is 0 Å². The molecule has 1 aliphatic carbocycles. The van der Waals surface area contributed by atoms with E-state index < -0.39 is 0 Å². The summed E-state index contributed by atoms with van der Waals surface area (Å²) in [5.74, 6) is 1.67. The molecule has 1 atom stereocenters. The van der Waals surface area contributed by atoms with E-state index in [1.54, 1.807) is 0 Å². The maximum absolute atomic E-state index is 12.6. The smallest absolute Gasteiger partial charge is 0.227 e. The summed E-state index contributed by atoms with van der Waals surface area (Å²) < 4.78 is 0. The Kier molecular flexibility index (Phi) is 3.34. The largest absolute Gasteiger partial charge is 0.312 e. The second-order valence-corrected chi connectivity index (χ2v) is 6.59. The number of thiol groups is 1. The van der Waals surface area contributed by atoms with E-state index in [1.807, 2.05) is 11.0 Å². The zero-order valence-corrected chi connectivity index (χ0v) is 12.3. The van der Waals surface area contributed by atoms with Gasteiger partial charge in [0.05, 0.1) is 0 Å². The Labute approximate surface area is 120 Å². The van der Waals surface area contributed by atoms with Crippen LogP contribution in [0.1, 0.15) is 31.7 Å². The minimum atomic E-state index is 0.204. The van der Waals surface area contributed by atoms with E-state index in [4.69, 9.17) is 0 Å². The molecule has 1 aliphatic heterocycles. The predicted octanol–water partition coefficient (Wildman–Crippen LogP) is 3.31. The van der Waals surface area contributed by atoms with Crippen LogP contribution in [-0.4, -0.2) is 18.2 Å². The first-order valence-electron chi connectivity index (χ1n) is 7.13. The molecule has 0 N–H and O–H groups in total. The average molecular weight is 275 g/mol. The fourth-order valence-corrected chi connectivity index (χ4v) is 3.44. The van der Waals surface area contributed by atoms with Crippen LogP contribution in [0.2, 0.25) is 0 Å². The average Bonchev–Trinajstić information content (AvgIpc) is 3.18. The van der Waals surface area contributed by atoms with Crippen LogP contribution in [0.5, 0.6) is 0 Å². The van der Waals surface area contributed by atoms with Crippen LogP contribution < -0.4 is 4.90 Å². The zero-order chi connectivity index (χ0) is 13.5. The maximum atomic E-state index is 12.6. The van der Waals surface area contributed by atoms with Crippen LogP contribution in [0, 0.1) is 11.3 Å². The monoisotopic (exact) mass is 275 g/mol. The van der Waals surface area contributed by atoms with E-state index in [9.17, 15) is 4.79 Å². The first-order chi connectivity index (χ1) is 9.13. The van der Waals surface area contributed by atoms with E-state index in [0.717, 1.165) is 37.2 Å². The predicted molar refractivity (Wildman–Crippen MR) is 81.8 cm³/mol. The number of anilines is 1. The number of carbonyl (C=O) groups excluding carboxylic acids is 1. The number of para-hydroxylation sites is 1. The lowest BCUT2D eigenvalue weighted by Crippen LogP contribution is -2.40.